The third-order valence-corrected chi connectivity index (χ3v) is 3.72. The molecule has 0 aliphatic carbocycles. The zero-order valence-electron chi connectivity index (χ0n) is 12.1. The topological polar surface area (TPSA) is 47.6 Å². The second-order valence-corrected chi connectivity index (χ2v) is 4.89. The second kappa shape index (κ2) is 7.31. The van der Waals surface area contributed by atoms with Gasteiger partial charge in [0.1, 0.15) is 0 Å². The van der Waals surface area contributed by atoms with Crippen LogP contribution in [0.25, 0.3) is 0 Å². The molecule has 2 heteroatoms. The average molecular weight is 264 g/mol. The van der Waals surface area contributed by atoms with Crippen LogP contribution in [0, 0.1) is 34.0 Å². The molecule has 0 amide bonds. The Morgan fingerprint density at radius 3 is 2.30 bits per heavy atom. The number of nitriles is 2. The molecule has 1 aromatic rings. The van der Waals surface area contributed by atoms with Gasteiger partial charge in [0.25, 0.3) is 0 Å². The van der Waals surface area contributed by atoms with E-state index in [1.807, 2.05) is 56.3 Å². The van der Waals surface area contributed by atoms with Gasteiger partial charge in [-0.15, -0.1) is 6.58 Å². The molecule has 0 radical (unpaired) electrons. The Labute approximate surface area is 121 Å². The van der Waals surface area contributed by atoms with E-state index in [4.69, 9.17) is 0 Å². The molecule has 2 nitrogen and oxygen atoms in total. The van der Waals surface area contributed by atoms with Gasteiger partial charge in [0.15, 0.2) is 5.41 Å². The lowest BCUT2D eigenvalue weighted by atomic mass is 9.65. The van der Waals surface area contributed by atoms with Gasteiger partial charge < -0.3 is 0 Å². The van der Waals surface area contributed by atoms with Crippen molar-refractivity contribution in [2.24, 2.45) is 11.3 Å². The lowest BCUT2D eigenvalue weighted by Gasteiger charge is -2.32. The van der Waals surface area contributed by atoms with Crippen LogP contribution in [-0.2, 0) is 0 Å². The largest absolute Gasteiger partial charge is 0.197 e. The van der Waals surface area contributed by atoms with Crippen molar-refractivity contribution in [1.29, 1.82) is 10.5 Å². The highest BCUT2D eigenvalue weighted by molar-refractivity contribution is 5.33. The summed E-state index contributed by atoms with van der Waals surface area (Å²) in [5.41, 5.74) is -0.0750. The summed E-state index contributed by atoms with van der Waals surface area (Å²) in [7, 11) is 0. The Morgan fingerprint density at radius 2 is 1.85 bits per heavy atom. The van der Waals surface area contributed by atoms with Crippen LogP contribution < -0.4 is 0 Å². The molecule has 0 aromatic heterocycles. The summed E-state index contributed by atoms with van der Waals surface area (Å²) in [6.45, 7) is 7.60. The van der Waals surface area contributed by atoms with Gasteiger partial charge in [-0.1, -0.05) is 55.5 Å². The zero-order chi connectivity index (χ0) is 15.0. The van der Waals surface area contributed by atoms with Gasteiger partial charge in [-0.05, 0) is 18.9 Å². The van der Waals surface area contributed by atoms with E-state index in [-0.39, 0.29) is 11.8 Å². The Hall–Kier alpha value is -2.32. The second-order valence-electron chi connectivity index (χ2n) is 4.89. The fourth-order valence-electron chi connectivity index (χ4n) is 2.58. The zero-order valence-corrected chi connectivity index (χ0v) is 12.1. The number of rotatable bonds is 6. The highest BCUT2D eigenvalue weighted by Crippen LogP contribution is 2.44. The Morgan fingerprint density at radius 1 is 1.25 bits per heavy atom. The highest BCUT2D eigenvalue weighted by atomic mass is 14.5. The maximum Gasteiger partial charge on any atom is 0.156 e. The first kappa shape index (κ1) is 15.7. The molecule has 0 aliphatic rings. The first-order valence-electron chi connectivity index (χ1n) is 6.77. The summed E-state index contributed by atoms with van der Waals surface area (Å²) >= 11 is 0. The molecule has 0 spiro atoms. The Bertz CT molecular complexity index is 529. The van der Waals surface area contributed by atoms with Crippen LogP contribution in [0.5, 0.6) is 0 Å². The molecule has 0 fully saturated rings. The monoisotopic (exact) mass is 264 g/mol. The first-order chi connectivity index (χ1) is 9.66. The fourth-order valence-corrected chi connectivity index (χ4v) is 2.58. The summed E-state index contributed by atoms with van der Waals surface area (Å²) in [5, 5.41) is 19.4. The third kappa shape index (κ3) is 2.98. The molecule has 0 N–H and O–H groups in total. The normalized spacial score (nSPS) is 14.2. The van der Waals surface area contributed by atoms with E-state index in [1.54, 1.807) is 6.08 Å². The van der Waals surface area contributed by atoms with Crippen LogP contribution in [0.3, 0.4) is 0 Å². The molecule has 2 unspecified atom stereocenters. The van der Waals surface area contributed by atoms with E-state index >= 15 is 0 Å². The van der Waals surface area contributed by atoms with E-state index < -0.39 is 5.41 Å². The molecule has 0 saturated heterocycles. The van der Waals surface area contributed by atoms with Crippen LogP contribution >= 0.6 is 0 Å². The summed E-state index contributed by atoms with van der Waals surface area (Å²) < 4.78 is 0. The van der Waals surface area contributed by atoms with Crippen LogP contribution in [0.4, 0.5) is 0 Å². The van der Waals surface area contributed by atoms with Crippen molar-refractivity contribution in [2.45, 2.75) is 26.2 Å². The molecule has 0 bridgehead atoms. The van der Waals surface area contributed by atoms with Crippen molar-refractivity contribution < 1.29 is 0 Å². The SMILES string of the molecule is C=CCC(c1ccccc1)C(C#N)(C#N)C(C)/C=C/C. The average Bonchev–Trinajstić information content (AvgIpc) is 2.49. The quantitative estimate of drug-likeness (QED) is 0.705. The predicted octanol–water partition coefficient (Wildman–Crippen LogP) is 4.59. The van der Waals surface area contributed by atoms with Crippen LogP contribution in [0.2, 0.25) is 0 Å². The number of allylic oxidation sites excluding steroid dienone is 3. The van der Waals surface area contributed by atoms with Gasteiger partial charge in [0.05, 0.1) is 12.1 Å². The maximum atomic E-state index is 9.69. The summed E-state index contributed by atoms with van der Waals surface area (Å²) in [6.07, 6.45) is 6.20. The summed E-state index contributed by atoms with van der Waals surface area (Å²) in [6, 6.07) is 14.3. The van der Waals surface area contributed by atoms with Crippen LogP contribution in [0.1, 0.15) is 31.7 Å². The highest BCUT2D eigenvalue weighted by Gasteiger charge is 2.43. The molecule has 0 aliphatic heterocycles. The minimum absolute atomic E-state index is 0.146. The third-order valence-electron chi connectivity index (χ3n) is 3.72. The number of benzene rings is 1. The van der Waals surface area contributed by atoms with Gasteiger partial charge in [-0.2, -0.15) is 10.5 Å². The van der Waals surface area contributed by atoms with Gasteiger partial charge in [0.2, 0.25) is 0 Å². The van der Waals surface area contributed by atoms with Crippen LogP contribution in [-0.4, -0.2) is 0 Å². The van der Waals surface area contributed by atoms with Crippen molar-refractivity contribution in [3.63, 3.8) is 0 Å². The standard InChI is InChI=1S/C18H20N2/c1-4-9-15(3)18(13-19,14-20)17(10-5-2)16-11-7-6-8-12-16/h4-9,11-12,15,17H,2,10H2,1,3H3/b9-4+. The number of hydrogen-bond donors (Lipinski definition) is 0. The van der Waals surface area contributed by atoms with Crippen molar-refractivity contribution in [1.82, 2.24) is 0 Å². The molecule has 0 heterocycles. The van der Waals surface area contributed by atoms with Crippen molar-refractivity contribution in [3.8, 4) is 12.1 Å². The van der Waals surface area contributed by atoms with Gasteiger partial charge in [-0.25, -0.2) is 0 Å². The minimum atomic E-state index is -1.08. The van der Waals surface area contributed by atoms with Crippen molar-refractivity contribution in [2.75, 3.05) is 0 Å². The minimum Gasteiger partial charge on any atom is -0.197 e. The number of nitrogens with zero attached hydrogens (tertiary/aromatic N) is 2. The van der Waals surface area contributed by atoms with E-state index in [0.717, 1.165) is 5.56 Å². The van der Waals surface area contributed by atoms with Gasteiger partial charge >= 0.3 is 0 Å². The van der Waals surface area contributed by atoms with Crippen molar-refractivity contribution >= 4 is 0 Å². The lowest BCUT2D eigenvalue weighted by Crippen LogP contribution is -2.32. The smallest absolute Gasteiger partial charge is 0.156 e. The van der Waals surface area contributed by atoms with E-state index in [9.17, 15) is 10.5 Å². The summed E-state index contributed by atoms with van der Waals surface area (Å²) in [4.78, 5) is 0. The Kier molecular flexibility index (Phi) is 5.75. The van der Waals surface area contributed by atoms with Gasteiger partial charge in [0, 0.05) is 11.8 Å². The Balaban J connectivity index is 3.38. The molecular formula is C18H20N2. The number of hydrogen-bond acceptors (Lipinski definition) is 2. The van der Waals surface area contributed by atoms with E-state index in [1.165, 1.54) is 0 Å². The molecule has 1 rings (SSSR count). The molecule has 0 saturated carbocycles. The van der Waals surface area contributed by atoms with Crippen LogP contribution in [0.15, 0.2) is 55.1 Å². The van der Waals surface area contributed by atoms with Crippen molar-refractivity contribution in [3.05, 3.63) is 60.7 Å². The molecular weight excluding hydrogens is 244 g/mol. The summed E-state index contributed by atoms with van der Waals surface area (Å²) in [5.74, 6) is -0.324. The van der Waals surface area contributed by atoms with E-state index in [0.29, 0.717) is 6.42 Å². The fraction of sp³-hybridized carbons (Fsp3) is 0.333. The maximum absolute atomic E-state index is 9.69. The first-order valence-corrected chi connectivity index (χ1v) is 6.77. The molecule has 2 atom stereocenters. The molecule has 1 aromatic carbocycles. The molecule has 102 valence electrons. The lowest BCUT2D eigenvalue weighted by molar-refractivity contribution is 0.328. The van der Waals surface area contributed by atoms with Gasteiger partial charge in [-0.3, -0.25) is 0 Å². The molecule has 20 heavy (non-hydrogen) atoms. The van der Waals surface area contributed by atoms with E-state index in [2.05, 4.69) is 18.7 Å². The predicted molar refractivity (Wildman–Crippen MR) is 81.6 cm³/mol.